The second kappa shape index (κ2) is 7.46. The van der Waals surface area contributed by atoms with Crippen molar-refractivity contribution in [1.82, 2.24) is 15.2 Å². The molecule has 0 aromatic carbocycles. The van der Waals surface area contributed by atoms with Crippen LogP contribution in [-0.4, -0.2) is 49.6 Å². The predicted octanol–water partition coefficient (Wildman–Crippen LogP) is 2.41. The zero-order valence-corrected chi connectivity index (χ0v) is 15.0. The van der Waals surface area contributed by atoms with Gasteiger partial charge in [-0.05, 0) is 31.5 Å². The zero-order chi connectivity index (χ0) is 17.1. The molecule has 2 aromatic rings. The SMILES string of the molecule is CNC(=O)c1sc2nc([C@@H]3CCCCN3CCOC)ccc2c1N. The number of amides is 1. The zero-order valence-electron chi connectivity index (χ0n) is 14.2. The largest absolute Gasteiger partial charge is 0.397 e. The fourth-order valence-corrected chi connectivity index (χ4v) is 4.33. The Hall–Kier alpha value is -1.70. The molecule has 0 saturated carbocycles. The summed E-state index contributed by atoms with van der Waals surface area (Å²) in [6, 6.07) is 4.36. The summed E-state index contributed by atoms with van der Waals surface area (Å²) >= 11 is 1.36. The molecule has 3 rings (SSSR count). The Labute approximate surface area is 146 Å². The molecule has 3 N–H and O–H groups in total. The molecule has 0 radical (unpaired) electrons. The van der Waals surface area contributed by atoms with E-state index in [2.05, 4.69) is 16.3 Å². The van der Waals surface area contributed by atoms with E-state index in [1.165, 1.54) is 24.2 Å². The van der Waals surface area contributed by atoms with E-state index in [0.29, 0.717) is 16.6 Å². The summed E-state index contributed by atoms with van der Waals surface area (Å²) in [5.74, 6) is -0.156. The lowest BCUT2D eigenvalue weighted by Gasteiger charge is -2.35. The van der Waals surface area contributed by atoms with Gasteiger partial charge in [-0.3, -0.25) is 9.69 Å². The van der Waals surface area contributed by atoms with Crippen molar-refractivity contribution in [2.24, 2.45) is 0 Å². The van der Waals surface area contributed by atoms with Crippen LogP contribution in [0.1, 0.15) is 40.7 Å². The molecule has 1 atom stereocenters. The van der Waals surface area contributed by atoms with E-state index in [0.717, 1.165) is 42.0 Å². The molecule has 7 heteroatoms. The molecule has 0 spiro atoms. The molecule has 6 nitrogen and oxygen atoms in total. The number of pyridine rings is 1. The molecular formula is C17H24N4O2S. The molecule has 1 saturated heterocycles. The van der Waals surface area contributed by atoms with Gasteiger partial charge >= 0.3 is 0 Å². The van der Waals surface area contributed by atoms with Gasteiger partial charge in [-0.15, -0.1) is 11.3 Å². The van der Waals surface area contributed by atoms with E-state index in [4.69, 9.17) is 15.5 Å². The van der Waals surface area contributed by atoms with E-state index in [9.17, 15) is 4.79 Å². The van der Waals surface area contributed by atoms with Crippen molar-refractivity contribution >= 4 is 33.1 Å². The van der Waals surface area contributed by atoms with Crippen molar-refractivity contribution in [3.8, 4) is 0 Å². The Balaban J connectivity index is 1.93. The van der Waals surface area contributed by atoms with Crippen molar-refractivity contribution in [1.29, 1.82) is 0 Å². The predicted molar refractivity (Wildman–Crippen MR) is 97.5 cm³/mol. The number of thiophene rings is 1. The van der Waals surface area contributed by atoms with Gasteiger partial charge in [-0.1, -0.05) is 6.42 Å². The van der Waals surface area contributed by atoms with Gasteiger partial charge in [0.2, 0.25) is 0 Å². The van der Waals surface area contributed by atoms with Crippen LogP contribution in [0.25, 0.3) is 10.2 Å². The van der Waals surface area contributed by atoms with E-state index < -0.39 is 0 Å². The number of rotatable bonds is 5. The third kappa shape index (κ3) is 3.24. The van der Waals surface area contributed by atoms with Crippen LogP contribution < -0.4 is 11.1 Å². The standard InChI is InChI=1S/C17H24N4O2S/c1-19-16(22)15-14(18)11-6-7-12(20-17(11)24-15)13-5-3-4-8-21(13)9-10-23-2/h6-7,13H,3-5,8-10,18H2,1-2H3,(H,19,22)/t13-/m0/s1. The second-order valence-electron chi connectivity index (χ2n) is 6.05. The maximum atomic E-state index is 11.9. The van der Waals surface area contributed by atoms with Crippen LogP contribution in [0.2, 0.25) is 0 Å². The molecule has 0 aliphatic carbocycles. The number of fused-ring (bicyclic) bond motifs is 1. The number of nitrogens with two attached hydrogens (primary N) is 1. The summed E-state index contributed by atoms with van der Waals surface area (Å²) in [5, 5.41) is 3.50. The number of carbonyl (C=O) groups excluding carboxylic acids is 1. The van der Waals surface area contributed by atoms with Crippen LogP contribution in [0.5, 0.6) is 0 Å². The highest BCUT2D eigenvalue weighted by atomic mass is 32.1. The highest BCUT2D eigenvalue weighted by molar-refractivity contribution is 7.21. The molecule has 1 aliphatic rings. The minimum Gasteiger partial charge on any atom is -0.397 e. The Morgan fingerprint density at radius 2 is 2.33 bits per heavy atom. The van der Waals surface area contributed by atoms with Crippen LogP contribution in [0.15, 0.2) is 12.1 Å². The first-order valence-corrected chi connectivity index (χ1v) is 9.11. The molecular weight excluding hydrogens is 324 g/mol. The van der Waals surface area contributed by atoms with Gasteiger partial charge < -0.3 is 15.8 Å². The summed E-state index contributed by atoms with van der Waals surface area (Å²) in [7, 11) is 3.35. The summed E-state index contributed by atoms with van der Waals surface area (Å²) in [4.78, 5) is 20.6. The number of piperidine rings is 1. The van der Waals surface area contributed by atoms with Gasteiger partial charge in [0.25, 0.3) is 5.91 Å². The van der Waals surface area contributed by atoms with E-state index in [1.54, 1.807) is 14.2 Å². The van der Waals surface area contributed by atoms with E-state index >= 15 is 0 Å². The molecule has 24 heavy (non-hydrogen) atoms. The molecule has 2 aromatic heterocycles. The highest BCUT2D eigenvalue weighted by Gasteiger charge is 2.25. The third-order valence-electron chi connectivity index (χ3n) is 4.59. The molecule has 3 heterocycles. The summed E-state index contributed by atoms with van der Waals surface area (Å²) < 4.78 is 5.24. The highest BCUT2D eigenvalue weighted by Crippen LogP contribution is 2.36. The van der Waals surface area contributed by atoms with Gasteiger partial charge in [0.1, 0.15) is 9.71 Å². The summed E-state index contributed by atoms with van der Waals surface area (Å²) in [6.07, 6.45) is 3.53. The topological polar surface area (TPSA) is 80.5 Å². The normalized spacial score (nSPS) is 18.8. The number of ether oxygens (including phenoxy) is 1. The van der Waals surface area contributed by atoms with Crippen LogP contribution in [0.3, 0.4) is 0 Å². The average molecular weight is 348 g/mol. The number of methoxy groups -OCH3 is 1. The average Bonchev–Trinajstić information content (AvgIpc) is 2.95. The fraction of sp³-hybridized carbons (Fsp3) is 0.529. The third-order valence-corrected chi connectivity index (χ3v) is 5.70. The number of nitrogen functional groups attached to an aromatic ring is 1. The molecule has 1 amide bonds. The van der Waals surface area contributed by atoms with E-state index in [-0.39, 0.29) is 5.91 Å². The summed E-state index contributed by atoms with van der Waals surface area (Å²) in [5.41, 5.74) is 7.70. The first kappa shape index (κ1) is 17.1. The van der Waals surface area contributed by atoms with Gasteiger partial charge in [-0.2, -0.15) is 0 Å². The van der Waals surface area contributed by atoms with Crippen LogP contribution >= 0.6 is 11.3 Å². The first-order chi connectivity index (χ1) is 11.7. The van der Waals surface area contributed by atoms with Crippen molar-refractivity contribution in [2.45, 2.75) is 25.3 Å². The van der Waals surface area contributed by atoms with Crippen LogP contribution in [0, 0.1) is 0 Å². The monoisotopic (exact) mass is 348 g/mol. The first-order valence-electron chi connectivity index (χ1n) is 8.29. The van der Waals surface area contributed by atoms with Gasteiger partial charge in [0.15, 0.2) is 0 Å². The number of anilines is 1. The van der Waals surface area contributed by atoms with Crippen molar-refractivity contribution in [3.63, 3.8) is 0 Å². The fourth-order valence-electron chi connectivity index (χ4n) is 3.28. The smallest absolute Gasteiger partial charge is 0.263 e. The van der Waals surface area contributed by atoms with Gasteiger partial charge in [0.05, 0.1) is 24.0 Å². The number of carbonyl (C=O) groups is 1. The Morgan fingerprint density at radius 3 is 3.08 bits per heavy atom. The number of nitrogens with one attached hydrogen (secondary N) is 1. The maximum Gasteiger partial charge on any atom is 0.263 e. The van der Waals surface area contributed by atoms with Crippen molar-refractivity contribution in [3.05, 3.63) is 22.7 Å². The van der Waals surface area contributed by atoms with Gasteiger partial charge in [0, 0.05) is 26.1 Å². The number of hydrogen-bond acceptors (Lipinski definition) is 6. The number of aromatic nitrogens is 1. The molecule has 0 bridgehead atoms. The van der Waals surface area contributed by atoms with Gasteiger partial charge in [-0.25, -0.2) is 4.98 Å². The lowest BCUT2D eigenvalue weighted by atomic mass is 9.98. The van der Waals surface area contributed by atoms with Crippen molar-refractivity contribution < 1.29 is 9.53 Å². The Kier molecular flexibility index (Phi) is 5.33. The molecule has 130 valence electrons. The second-order valence-corrected chi connectivity index (χ2v) is 7.05. The molecule has 1 aliphatic heterocycles. The van der Waals surface area contributed by atoms with E-state index in [1.807, 2.05) is 6.07 Å². The number of likely N-dealkylation sites (tertiary alicyclic amines) is 1. The van der Waals surface area contributed by atoms with Crippen molar-refractivity contribution in [2.75, 3.05) is 39.6 Å². The van der Waals surface area contributed by atoms with Crippen LogP contribution in [-0.2, 0) is 4.74 Å². The minimum absolute atomic E-state index is 0.156. The van der Waals surface area contributed by atoms with Crippen LogP contribution in [0.4, 0.5) is 5.69 Å². The Bertz CT molecular complexity index is 731. The maximum absolute atomic E-state index is 11.9. The minimum atomic E-state index is -0.156. The lowest BCUT2D eigenvalue weighted by molar-refractivity contribution is 0.0944. The summed E-state index contributed by atoms with van der Waals surface area (Å²) in [6.45, 7) is 2.71. The molecule has 1 fully saturated rings. The molecule has 0 unspecified atom stereocenters. The number of hydrogen-bond donors (Lipinski definition) is 2. The quantitative estimate of drug-likeness (QED) is 0.867. The Morgan fingerprint density at radius 1 is 1.50 bits per heavy atom. The lowest BCUT2D eigenvalue weighted by Crippen LogP contribution is -2.36. The number of nitrogens with zero attached hydrogens (tertiary/aromatic N) is 2.